The van der Waals surface area contributed by atoms with Crippen molar-refractivity contribution in [2.24, 2.45) is 0 Å². The summed E-state index contributed by atoms with van der Waals surface area (Å²) in [6, 6.07) is 43.9. The Morgan fingerprint density at radius 2 is 0.625 bits per heavy atom. The van der Waals surface area contributed by atoms with Gasteiger partial charge in [0.15, 0.2) is 28.5 Å². The molecule has 446 valence electrons. The summed E-state index contributed by atoms with van der Waals surface area (Å²) in [7, 11) is 0. The second kappa shape index (κ2) is 28.3. The molecule has 0 radical (unpaired) electrons. The highest BCUT2D eigenvalue weighted by Crippen LogP contribution is 2.37. The Morgan fingerprint density at radius 3 is 0.966 bits per heavy atom. The van der Waals surface area contributed by atoms with Crippen LogP contribution in [0.15, 0.2) is 192 Å². The van der Waals surface area contributed by atoms with E-state index in [1.807, 2.05) is 81.4 Å². The van der Waals surface area contributed by atoms with Crippen molar-refractivity contribution in [3.63, 3.8) is 0 Å². The monoisotopic (exact) mass is 1190 g/mol. The largest absolute Gasteiger partial charge is 0.455 e. The highest BCUT2D eigenvalue weighted by atomic mass is 16.6. The average molecular weight is 1190 g/mol. The molecule has 0 bridgehead atoms. The van der Waals surface area contributed by atoms with Gasteiger partial charge in [0.05, 0.1) is 9.85 Å². The second-order valence-corrected chi connectivity index (χ2v) is 18.5. The zero-order chi connectivity index (χ0) is 62.9. The number of pyridine rings is 5. The van der Waals surface area contributed by atoms with Crippen molar-refractivity contribution in [3.8, 4) is 57.5 Å². The van der Waals surface area contributed by atoms with Crippen molar-refractivity contribution < 1.29 is 33.5 Å². The van der Waals surface area contributed by atoms with Crippen LogP contribution in [0.4, 0.5) is 45.9 Å². The number of benzene rings is 5. The van der Waals surface area contributed by atoms with E-state index in [0.29, 0.717) is 73.9 Å². The first-order valence-corrected chi connectivity index (χ1v) is 26.0. The molecule has 0 aliphatic heterocycles. The molecule has 5 aromatic carbocycles. The number of fused-ring (bicyclic) bond motifs is 2. The Balaban J connectivity index is 0.000000143. The minimum absolute atomic E-state index is 0.0391. The number of imidazole rings is 2. The van der Waals surface area contributed by atoms with Crippen molar-refractivity contribution in [3.05, 3.63) is 241 Å². The van der Waals surface area contributed by atoms with Crippen LogP contribution in [-0.2, 0) is 0 Å². The topological polar surface area (TPSA) is 450 Å². The van der Waals surface area contributed by atoms with Gasteiger partial charge in [-0.15, -0.1) is 0 Å². The molecule has 7 heterocycles. The number of aromatic nitrogens is 9. The molecule has 16 N–H and O–H groups in total. The lowest BCUT2D eigenvalue weighted by atomic mass is 10.2. The fourth-order valence-electron chi connectivity index (χ4n) is 7.51. The molecule has 0 amide bonds. The molecule has 0 aliphatic carbocycles. The predicted molar refractivity (Wildman–Crippen MR) is 333 cm³/mol. The molecule has 0 atom stereocenters. The Bertz CT molecular complexity index is 4230. The van der Waals surface area contributed by atoms with Gasteiger partial charge in [-0.3, -0.25) is 30.2 Å². The molecular weight excluding hydrogens is 1130 g/mol. The van der Waals surface area contributed by atoms with E-state index >= 15 is 0 Å². The van der Waals surface area contributed by atoms with Gasteiger partial charge in [0.2, 0.25) is 23.1 Å². The molecule has 0 fully saturated rings. The van der Waals surface area contributed by atoms with Crippen LogP contribution in [0.1, 0.15) is 16.7 Å². The number of hydrogen-bond donors (Lipinski definition) is 10. The van der Waals surface area contributed by atoms with Gasteiger partial charge in [-0.05, 0) is 106 Å². The van der Waals surface area contributed by atoms with Crippen LogP contribution in [0, 0.1) is 41.0 Å². The van der Waals surface area contributed by atoms with Crippen LogP contribution < -0.4 is 69.5 Å². The predicted octanol–water partition coefficient (Wildman–Crippen LogP) is 10.9. The van der Waals surface area contributed by atoms with Gasteiger partial charge in [0, 0.05) is 72.7 Å². The summed E-state index contributed by atoms with van der Waals surface area (Å²) in [5, 5.41) is 21.8. The number of nitro groups is 2. The van der Waals surface area contributed by atoms with Crippen molar-refractivity contribution in [1.82, 2.24) is 44.9 Å². The Labute approximate surface area is 498 Å². The molecule has 12 rings (SSSR count). The van der Waals surface area contributed by atoms with Gasteiger partial charge in [-0.1, -0.05) is 53.1 Å². The fraction of sp³-hybridized carbons (Fsp3) is 0.0500. The van der Waals surface area contributed by atoms with Crippen LogP contribution in [0.5, 0.6) is 57.5 Å². The minimum Gasteiger partial charge on any atom is -0.455 e. The van der Waals surface area contributed by atoms with E-state index in [0.717, 1.165) is 22.6 Å². The summed E-state index contributed by atoms with van der Waals surface area (Å²) < 4.78 is 27.8. The Hall–Kier alpha value is -13.0. The molecule has 0 saturated heterocycles. The van der Waals surface area contributed by atoms with E-state index in [1.165, 1.54) is 30.1 Å². The smallest absolute Gasteiger partial charge is 0.353 e. The number of aromatic amines is 4. The summed E-state index contributed by atoms with van der Waals surface area (Å²) >= 11 is 0. The number of aryl methyl sites for hydroxylation is 3. The number of anilines is 6. The molecule has 0 spiro atoms. The van der Waals surface area contributed by atoms with Crippen LogP contribution in [0.2, 0.25) is 0 Å². The van der Waals surface area contributed by atoms with Crippen LogP contribution in [-0.4, -0.2) is 54.7 Å². The van der Waals surface area contributed by atoms with Gasteiger partial charge >= 0.3 is 22.8 Å². The SMILES string of the molecule is Cc1ccc(Oc2ccnc(N)c2N)cc1.Cc1ccc(Oc2ccnc(N)c2[N+](=O)[O-])cc1.Cc1ccc(Oc2ccnc3[nH]c(=O)[nH]c23)cc1.Nc1ccc(Oc2ccnc(N)c2[N+](=O)[O-])cc1.Nc1ccc(Oc2ccnc3[nH]c(=O)[nH]c23)cc1. The second-order valence-electron chi connectivity index (χ2n) is 18.5. The molecule has 7 aromatic heterocycles. The van der Waals surface area contributed by atoms with E-state index in [1.54, 1.807) is 97.5 Å². The maximum Gasteiger partial charge on any atom is 0.353 e. The maximum atomic E-state index is 11.2. The highest BCUT2D eigenvalue weighted by Gasteiger charge is 2.22. The summed E-state index contributed by atoms with van der Waals surface area (Å²) in [6.07, 6.45) is 7.43. The molecule has 0 unspecified atom stereocenters. The number of H-pyrrole nitrogens is 4. The molecule has 0 aliphatic rings. The lowest BCUT2D eigenvalue weighted by molar-refractivity contribution is -0.385. The minimum atomic E-state index is -0.630. The molecule has 28 heteroatoms. The summed E-state index contributed by atoms with van der Waals surface area (Å²) in [5.41, 5.74) is 39.2. The van der Waals surface area contributed by atoms with Gasteiger partial charge in [0.25, 0.3) is 0 Å². The van der Waals surface area contributed by atoms with Gasteiger partial charge in [-0.25, -0.2) is 34.5 Å². The third kappa shape index (κ3) is 16.6. The van der Waals surface area contributed by atoms with E-state index in [9.17, 15) is 29.8 Å². The van der Waals surface area contributed by atoms with Gasteiger partial charge in [0.1, 0.15) is 51.3 Å². The van der Waals surface area contributed by atoms with E-state index in [-0.39, 0.29) is 51.7 Å². The van der Waals surface area contributed by atoms with E-state index in [4.69, 9.17) is 58.1 Å². The molecule has 12 aromatic rings. The van der Waals surface area contributed by atoms with Gasteiger partial charge in [-0.2, -0.15) is 0 Å². The average Bonchev–Trinajstić information content (AvgIpc) is 2.67. The fourth-order valence-corrected chi connectivity index (χ4v) is 7.51. The van der Waals surface area contributed by atoms with Crippen molar-refractivity contribution >= 4 is 68.2 Å². The lowest BCUT2D eigenvalue weighted by Gasteiger charge is -2.09. The molecule has 88 heavy (non-hydrogen) atoms. The van der Waals surface area contributed by atoms with Crippen LogP contribution >= 0.6 is 0 Å². The highest BCUT2D eigenvalue weighted by molar-refractivity contribution is 5.78. The molecule has 28 nitrogen and oxygen atoms in total. The Kier molecular flexibility index (Phi) is 19.6. The number of rotatable bonds is 12. The number of nitrogens with one attached hydrogen (secondary N) is 4. The number of nitrogen functional groups attached to an aromatic ring is 6. The van der Waals surface area contributed by atoms with E-state index < -0.39 is 9.85 Å². The van der Waals surface area contributed by atoms with Crippen molar-refractivity contribution in [1.29, 1.82) is 0 Å². The quantitative estimate of drug-likeness (QED) is 0.0308. The third-order valence-corrected chi connectivity index (χ3v) is 11.9. The maximum absolute atomic E-state index is 11.2. The third-order valence-electron chi connectivity index (χ3n) is 11.9. The number of nitrogens with two attached hydrogens (primary N) is 6. The lowest BCUT2D eigenvalue weighted by Crippen LogP contribution is -2.00. The standard InChI is InChI=1S/C13H11N3O2.C12H10N4O2.C12H11N3O3.C12H13N3O.C11H10N4O3/c1-8-2-4-9(5-3-8)18-10-6-7-14-12-11(10)15-13(17)16-12;13-7-1-3-8(4-2-7)18-9-5-6-14-11-10(9)15-12(17)16-11;1-8-2-4-9(5-3-8)18-10-6-7-14-12(13)11(10)15(16)17;1-8-2-4-9(5-3-8)16-10-6-7-15-12(14)11(10)13;12-7-1-3-8(4-2-7)18-9-5-6-14-11(13)10(9)15(16)17/h2-7H,1H3,(H2,14,15,16,17);1-6H,13H2,(H2,14,15,16,17);2-7H,1H3,(H2,13,14);2-7H,13H2,1H3,(H2,14,15);1-6H,12H2,(H2,13,14). The number of nitrogens with zero attached hydrogens (tertiary/aromatic N) is 7. The number of ether oxygens (including phenoxy) is 5. The Morgan fingerprint density at radius 1 is 0.352 bits per heavy atom. The first-order chi connectivity index (χ1) is 42.3. The molecular formula is C60H55N17O11. The van der Waals surface area contributed by atoms with Crippen molar-refractivity contribution in [2.75, 3.05) is 34.4 Å². The summed E-state index contributed by atoms with van der Waals surface area (Å²) in [5.74, 6) is 4.70. The summed E-state index contributed by atoms with van der Waals surface area (Å²) in [4.78, 5) is 72.7. The zero-order valence-corrected chi connectivity index (χ0v) is 46.9. The zero-order valence-electron chi connectivity index (χ0n) is 46.9. The van der Waals surface area contributed by atoms with Crippen LogP contribution in [0.25, 0.3) is 22.3 Å². The first-order valence-electron chi connectivity index (χ1n) is 26.0. The van der Waals surface area contributed by atoms with Gasteiger partial charge < -0.3 is 68.1 Å². The van der Waals surface area contributed by atoms with Crippen molar-refractivity contribution in [2.45, 2.75) is 20.8 Å². The first kappa shape index (κ1) is 61.1. The normalized spacial score (nSPS) is 10.3. The van der Waals surface area contributed by atoms with E-state index in [2.05, 4.69) is 44.9 Å². The molecule has 0 saturated carbocycles. The van der Waals surface area contributed by atoms with Crippen LogP contribution in [0.3, 0.4) is 0 Å². The number of hydrogen-bond acceptors (Lipinski definition) is 22. The summed E-state index contributed by atoms with van der Waals surface area (Å²) in [6.45, 7) is 5.97.